The van der Waals surface area contributed by atoms with Crippen molar-refractivity contribution in [1.82, 2.24) is 10.1 Å². The van der Waals surface area contributed by atoms with Gasteiger partial charge in [0.15, 0.2) is 5.82 Å². The quantitative estimate of drug-likeness (QED) is 0.936. The minimum atomic E-state index is -0.802. The van der Waals surface area contributed by atoms with Gasteiger partial charge in [0.2, 0.25) is 0 Å². The number of aromatic nitrogens is 2. The van der Waals surface area contributed by atoms with E-state index < -0.39 is 17.2 Å². The van der Waals surface area contributed by atoms with E-state index in [2.05, 4.69) is 26.1 Å². The van der Waals surface area contributed by atoms with E-state index in [4.69, 9.17) is 10.3 Å². The number of nitrogens with zero attached hydrogens (tertiary/aromatic N) is 2. The van der Waals surface area contributed by atoms with Crippen LogP contribution in [0.15, 0.2) is 21.1 Å². The molecule has 1 aromatic heterocycles. The van der Waals surface area contributed by atoms with E-state index in [1.807, 2.05) is 6.92 Å². The third kappa shape index (κ3) is 2.66. The normalized spacial score (nSPS) is 14.4. The van der Waals surface area contributed by atoms with Crippen LogP contribution >= 0.6 is 15.9 Å². The lowest BCUT2D eigenvalue weighted by Crippen LogP contribution is -2.33. The fourth-order valence-electron chi connectivity index (χ4n) is 1.46. The SMILES string of the molecule is CCC(C)(N)c1noc(-c2c(F)cc(Br)cc2F)n1. The van der Waals surface area contributed by atoms with Crippen LogP contribution < -0.4 is 5.73 Å². The Labute approximate surface area is 117 Å². The summed E-state index contributed by atoms with van der Waals surface area (Å²) < 4.78 is 32.7. The van der Waals surface area contributed by atoms with Gasteiger partial charge in [-0.1, -0.05) is 28.0 Å². The summed E-state index contributed by atoms with van der Waals surface area (Å²) in [6, 6.07) is 2.26. The van der Waals surface area contributed by atoms with Crippen LogP contribution in [0.1, 0.15) is 26.1 Å². The van der Waals surface area contributed by atoms with Gasteiger partial charge in [0, 0.05) is 4.47 Å². The van der Waals surface area contributed by atoms with Crippen LogP contribution in [0.5, 0.6) is 0 Å². The van der Waals surface area contributed by atoms with Gasteiger partial charge >= 0.3 is 0 Å². The Morgan fingerprint density at radius 3 is 2.47 bits per heavy atom. The van der Waals surface area contributed by atoms with Crippen LogP contribution in [-0.2, 0) is 5.54 Å². The van der Waals surface area contributed by atoms with Crippen molar-refractivity contribution >= 4 is 15.9 Å². The van der Waals surface area contributed by atoms with Gasteiger partial charge in [-0.05, 0) is 25.5 Å². The van der Waals surface area contributed by atoms with E-state index in [0.717, 1.165) is 12.1 Å². The monoisotopic (exact) mass is 331 g/mol. The summed E-state index contributed by atoms with van der Waals surface area (Å²) in [7, 11) is 0. The van der Waals surface area contributed by atoms with Crippen LogP contribution in [0.4, 0.5) is 8.78 Å². The molecule has 7 heteroatoms. The fourth-order valence-corrected chi connectivity index (χ4v) is 1.86. The lowest BCUT2D eigenvalue weighted by atomic mass is 10.00. The van der Waals surface area contributed by atoms with Crippen molar-refractivity contribution in [2.75, 3.05) is 0 Å². The summed E-state index contributed by atoms with van der Waals surface area (Å²) in [6.07, 6.45) is 0.567. The molecule has 0 spiro atoms. The largest absolute Gasteiger partial charge is 0.334 e. The maximum Gasteiger partial charge on any atom is 0.263 e. The summed E-state index contributed by atoms with van der Waals surface area (Å²) in [5.74, 6) is -1.57. The van der Waals surface area contributed by atoms with Crippen molar-refractivity contribution in [3.63, 3.8) is 0 Å². The van der Waals surface area contributed by atoms with E-state index in [-0.39, 0.29) is 17.3 Å². The number of hydrogen-bond acceptors (Lipinski definition) is 4. The fraction of sp³-hybridized carbons (Fsp3) is 0.333. The van der Waals surface area contributed by atoms with Gasteiger partial charge in [-0.2, -0.15) is 4.98 Å². The maximum atomic E-state index is 13.8. The van der Waals surface area contributed by atoms with Crippen molar-refractivity contribution in [2.24, 2.45) is 5.73 Å². The molecule has 1 heterocycles. The second kappa shape index (κ2) is 4.97. The number of hydrogen-bond donors (Lipinski definition) is 1. The average Bonchev–Trinajstić information content (AvgIpc) is 2.77. The zero-order chi connectivity index (χ0) is 14.2. The highest BCUT2D eigenvalue weighted by Gasteiger charge is 2.27. The summed E-state index contributed by atoms with van der Waals surface area (Å²) >= 11 is 3.00. The Kier molecular flexibility index (Phi) is 3.69. The van der Waals surface area contributed by atoms with Crippen molar-refractivity contribution in [3.05, 3.63) is 34.1 Å². The first-order chi connectivity index (χ1) is 8.85. The first-order valence-corrected chi connectivity index (χ1v) is 6.42. The van der Waals surface area contributed by atoms with E-state index in [1.165, 1.54) is 0 Å². The average molecular weight is 332 g/mol. The molecule has 2 rings (SSSR count). The molecule has 0 radical (unpaired) electrons. The predicted octanol–water partition coefficient (Wildman–Crippen LogP) is 3.36. The second-order valence-corrected chi connectivity index (χ2v) is 5.35. The zero-order valence-corrected chi connectivity index (χ0v) is 12.0. The van der Waals surface area contributed by atoms with Gasteiger partial charge in [-0.15, -0.1) is 0 Å². The highest BCUT2D eigenvalue weighted by atomic mass is 79.9. The standard InChI is InChI=1S/C12H12BrF2N3O/c1-3-12(2,16)11-17-10(19-18-11)9-7(14)4-6(13)5-8(9)15/h4-5H,3,16H2,1-2H3. The molecule has 102 valence electrons. The highest BCUT2D eigenvalue weighted by molar-refractivity contribution is 9.10. The molecule has 0 amide bonds. The van der Waals surface area contributed by atoms with Crippen LogP contribution in [-0.4, -0.2) is 10.1 Å². The maximum absolute atomic E-state index is 13.8. The highest BCUT2D eigenvalue weighted by Crippen LogP contribution is 2.29. The molecule has 19 heavy (non-hydrogen) atoms. The van der Waals surface area contributed by atoms with Gasteiger partial charge in [0.25, 0.3) is 5.89 Å². The van der Waals surface area contributed by atoms with Gasteiger partial charge in [-0.25, -0.2) is 8.78 Å². The molecule has 0 fully saturated rings. The summed E-state index contributed by atoms with van der Waals surface area (Å²) in [5, 5.41) is 3.68. The van der Waals surface area contributed by atoms with Gasteiger partial charge in [0.05, 0.1) is 5.54 Å². The molecule has 0 aliphatic rings. The number of nitrogens with two attached hydrogens (primary N) is 1. The molecule has 0 saturated carbocycles. The van der Waals surface area contributed by atoms with Crippen molar-refractivity contribution in [3.8, 4) is 11.5 Å². The predicted molar refractivity (Wildman–Crippen MR) is 69.2 cm³/mol. The lowest BCUT2D eigenvalue weighted by Gasteiger charge is -2.16. The molecule has 0 saturated heterocycles. The topological polar surface area (TPSA) is 64.9 Å². The number of rotatable bonds is 3. The van der Waals surface area contributed by atoms with E-state index in [9.17, 15) is 8.78 Å². The molecule has 0 bridgehead atoms. The van der Waals surface area contributed by atoms with Crippen molar-refractivity contribution in [2.45, 2.75) is 25.8 Å². The minimum Gasteiger partial charge on any atom is -0.334 e. The smallest absolute Gasteiger partial charge is 0.263 e. The molecule has 2 aromatic rings. The van der Waals surface area contributed by atoms with E-state index in [0.29, 0.717) is 10.9 Å². The Morgan fingerprint density at radius 2 is 1.95 bits per heavy atom. The van der Waals surface area contributed by atoms with Gasteiger partial charge in [-0.3, -0.25) is 0 Å². The molecule has 0 aliphatic carbocycles. The Morgan fingerprint density at radius 1 is 1.37 bits per heavy atom. The third-order valence-electron chi connectivity index (χ3n) is 2.89. The van der Waals surface area contributed by atoms with Crippen LogP contribution in [0.25, 0.3) is 11.5 Å². The molecule has 2 N–H and O–H groups in total. The first kappa shape index (κ1) is 14.1. The molecular weight excluding hydrogens is 320 g/mol. The summed E-state index contributed by atoms with van der Waals surface area (Å²) in [4.78, 5) is 3.98. The Balaban J connectivity index is 2.50. The number of halogens is 3. The Bertz CT molecular complexity index is 590. The summed E-state index contributed by atoms with van der Waals surface area (Å²) in [6.45, 7) is 3.58. The minimum absolute atomic E-state index is 0.215. The third-order valence-corrected chi connectivity index (χ3v) is 3.35. The van der Waals surface area contributed by atoms with E-state index >= 15 is 0 Å². The number of benzene rings is 1. The van der Waals surface area contributed by atoms with Crippen LogP contribution in [0.2, 0.25) is 0 Å². The van der Waals surface area contributed by atoms with Gasteiger partial charge in [0.1, 0.15) is 17.2 Å². The molecule has 1 unspecified atom stereocenters. The second-order valence-electron chi connectivity index (χ2n) is 4.44. The molecule has 1 atom stereocenters. The first-order valence-electron chi connectivity index (χ1n) is 5.63. The molecule has 1 aromatic carbocycles. The van der Waals surface area contributed by atoms with Crippen molar-refractivity contribution < 1.29 is 13.3 Å². The van der Waals surface area contributed by atoms with E-state index in [1.54, 1.807) is 6.92 Å². The Hall–Kier alpha value is -1.34. The molecule has 4 nitrogen and oxygen atoms in total. The van der Waals surface area contributed by atoms with Crippen LogP contribution in [0.3, 0.4) is 0 Å². The summed E-state index contributed by atoms with van der Waals surface area (Å²) in [5.41, 5.74) is 4.79. The van der Waals surface area contributed by atoms with Gasteiger partial charge < -0.3 is 10.3 Å². The zero-order valence-electron chi connectivity index (χ0n) is 10.4. The lowest BCUT2D eigenvalue weighted by molar-refractivity contribution is 0.377. The van der Waals surface area contributed by atoms with Crippen molar-refractivity contribution in [1.29, 1.82) is 0 Å². The van der Waals surface area contributed by atoms with Crippen LogP contribution in [0, 0.1) is 11.6 Å². The molecule has 0 aliphatic heterocycles. The molecular formula is C12H12BrF2N3O.